The van der Waals surface area contributed by atoms with Gasteiger partial charge in [0, 0.05) is 27.4 Å². The summed E-state index contributed by atoms with van der Waals surface area (Å²) in [5, 5.41) is 2.38. The molecule has 0 fully saturated rings. The number of rotatable bonds is 3. The van der Waals surface area contributed by atoms with Gasteiger partial charge in [-0.2, -0.15) is 0 Å². The normalized spacial score (nSPS) is 10.5. The topological polar surface area (TPSA) is 26.0 Å². The molecule has 0 unspecified atom stereocenters. The van der Waals surface area contributed by atoms with Crippen LogP contribution in [0.15, 0.2) is 107 Å². The summed E-state index contributed by atoms with van der Waals surface area (Å²) < 4.78 is 5.91. The maximum atomic E-state index is 5.91. The second kappa shape index (κ2) is 8.80. The molecule has 3 aromatic carbocycles. The molecule has 0 spiro atoms. The van der Waals surface area contributed by atoms with E-state index in [-0.39, 0.29) is 0 Å². The lowest BCUT2D eigenvalue weighted by Crippen LogP contribution is -1.80. The summed E-state index contributed by atoms with van der Waals surface area (Å²) in [5.41, 5.74) is 4.28. The molecule has 0 amide bonds. The molecule has 0 radical (unpaired) electrons. The van der Waals surface area contributed by atoms with Gasteiger partial charge in [0.25, 0.3) is 0 Å². The summed E-state index contributed by atoms with van der Waals surface area (Å²) in [6, 6.07) is 28.6. The van der Waals surface area contributed by atoms with Gasteiger partial charge >= 0.3 is 0 Å². The number of furan rings is 1. The van der Waals surface area contributed by atoms with Crippen molar-refractivity contribution in [2.24, 2.45) is 0 Å². The SMILES string of the molecule is C=Cc1oc2cccc(SC)c2c1-c1ccccc1.c1ccc2ncccc2c1. The van der Waals surface area contributed by atoms with E-state index in [0.717, 1.165) is 28.0 Å². The smallest absolute Gasteiger partial charge is 0.136 e. The van der Waals surface area contributed by atoms with Crippen LogP contribution in [-0.2, 0) is 0 Å². The van der Waals surface area contributed by atoms with Crippen LogP contribution in [-0.4, -0.2) is 11.2 Å². The lowest BCUT2D eigenvalue weighted by Gasteiger charge is -2.03. The quantitative estimate of drug-likeness (QED) is 0.293. The highest BCUT2D eigenvalue weighted by Gasteiger charge is 2.16. The van der Waals surface area contributed by atoms with E-state index in [0.29, 0.717) is 0 Å². The van der Waals surface area contributed by atoms with Crippen molar-refractivity contribution >= 4 is 39.7 Å². The number of thioether (sulfide) groups is 1. The van der Waals surface area contributed by atoms with Crippen molar-refractivity contribution < 1.29 is 4.42 Å². The van der Waals surface area contributed by atoms with E-state index in [1.165, 1.54) is 15.7 Å². The standard InChI is InChI=1S/C17H14OS.C9H7N/c1-3-13-16(12-8-5-4-6-9-12)17-14(18-13)10-7-11-15(17)19-2;1-2-6-9-8(4-1)5-3-7-10-9/h3-11H,1H2,2H3;1-7H. The van der Waals surface area contributed by atoms with Crippen LogP contribution < -0.4 is 0 Å². The molecule has 0 N–H and O–H groups in total. The summed E-state index contributed by atoms with van der Waals surface area (Å²) in [5.74, 6) is 0.836. The van der Waals surface area contributed by atoms with Gasteiger partial charge in [-0.3, -0.25) is 4.98 Å². The molecule has 0 aliphatic carbocycles. The fraction of sp³-hybridized carbons (Fsp3) is 0.0385. The van der Waals surface area contributed by atoms with Gasteiger partial charge in [-0.25, -0.2) is 0 Å². The Kier molecular flexibility index (Phi) is 5.78. The molecule has 142 valence electrons. The van der Waals surface area contributed by atoms with Crippen molar-refractivity contribution in [2.75, 3.05) is 6.26 Å². The van der Waals surface area contributed by atoms with Gasteiger partial charge in [0.15, 0.2) is 0 Å². The first kappa shape index (κ1) is 19.0. The van der Waals surface area contributed by atoms with Gasteiger partial charge in [0.2, 0.25) is 0 Å². The fourth-order valence-corrected chi connectivity index (χ4v) is 3.98. The van der Waals surface area contributed by atoms with Crippen LogP contribution in [0, 0.1) is 0 Å². The molecule has 5 aromatic rings. The Morgan fingerprint density at radius 2 is 1.62 bits per heavy atom. The fourth-order valence-electron chi connectivity index (χ4n) is 3.36. The summed E-state index contributed by atoms with van der Waals surface area (Å²) in [6.07, 6.45) is 5.68. The van der Waals surface area contributed by atoms with Crippen LogP contribution in [0.1, 0.15) is 5.76 Å². The summed E-state index contributed by atoms with van der Waals surface area (Å²) in [6.45, 7) is 3.87. The average molecular weight is 396 g/mol. The van der Waals surface area contributed by atoms with Gasteiger partial charge in [0.1, 0.15) is 11.3 Å². The molecule has 0 saturated heterocycles. The number of nitrogens with zero attached hydrogens (tertiary/aromatic N) is 1. The molecule has 29 heavy (non-hydrogen) atoms. The molecule has 3 heteroatoms. The van der Waals surface area contributed by atoms with E-state index < -0.39 is 0 Å². The Morgan fingerprint density at radius 1 is 0.862 bits per heavy atom. The zero-order valence-corrected chi connectivity index (χ0v) is 17.0. The number of fused-ring (bicyclic) bond motifs is 2. The Balaban J connectivity index is 0.000000171. The van der Waals surface area contributed by atoms with E-state index in [1.54, 1.807) is 17.8 Å². The van der Waals surface area contributed by atoms with Crippen molar-refractivity contribution in [3.8, 4) is 11.1 Å². The molecular weight excluding hydrogens is 374 g/mol. The predicted octanol–water partition coefficient (Wildman–Crippen LogP) is 7.70. The summed E-state index contributed by atoms with van der Waals surface area (Å²) >= 11 is 1.74. The van der Waals surface area contributed by atoms with E-state index in [4.69, 9.17) is 4.42 Å². The van der Waals surface area contributed by atoms with Crippen LogP contribution in [0.4, 0.5) is 0 Å². The average Bonchev–Trinajstić information content (AvgIpc) is 3.19. The molecular formula is C26H21NOS. The van der Waals surface area contributed by atoms with Gasteiger partial charge in [-0.15, -0.1) is 11.8 Å². The van der Waals surface area contributed by atoms with Crippen molar-refractivity contribution in [1.82, 2.24) is 4.98 Å². The summed E-state index contributed by atoms with van der Waals surface area (Å²) in [4.78, 5) is 5.41. The molecule has 0 atom stereocenters. The molecule has 0 saturated carbocycles. The summed E-state index contributed by atoms with van der Waals surface area (Å²) in [7, 11) is 0. The van der Waals surface area contributed by atoms with Crippen LogP contribution in [0.25, 0.3) is 39.1 Å². The maximum absolute atomic E-state index is 5.91. The van der Waals surface area contributed by atoms with Crippen LogP contribution >= 0.6 is 11.8 Å². The second-order valence-corrected chi connectivity index (χ2v) is 7.29. The first-order valence-corrected chi connectivity index (χ1v) is 10.6. The van der Waals surface area contributed by atoms with Gasteiger partial charge in [-0.05, 0) is 42.2 Å². The van der Waals surface area contributed by atoms with Crippen molar-refractivity contribution in [3.63, 3.8) is 0 Å². The van der Waals surface area contributed by atoms with Crippen molar-refractivity contribution in [2.45, 2.75) is 4.90 Å². The van der Waals surface area contributed by atoms with E-state index in [2.05, 4.69) is 48.2 Å². The van der Waals surface area contributed by atoms with E-state index >= 15 is 0 Å². The Hall–Kier alpha value is -3.30. The number of benzene rings is 3. The predicted molar refractivity (Wildman–Crippen MR) is 125 cm³/mol. The van der Waals surface area contributed by atoms with E-state index in [9.17, 15) is 0 Å². The molecule has 2 nitrogen and oxygen atoms in total. The van der Waals surface area contributed by atoms with Crippen LogP contribution in [0.2, 0.25) is 0 Å². The minimum atomic E-state index is 0.836. The largest absolute Gasteiger partial charge is 0.456 e. The zero-order valence-electron chi connectivity index (χ0n) is 16.2. The molecule has 2 aromatic heterocycles. The highest BCUT2D eigenvalue weighted by molar-refractivity contribution is 7.98. The third-order valence-corrected chi connectivity index (χ3v) is 5.46. The highest BCUT2D eigenvalue weighted by Crippen LogP contribution is 2.40. The molecule has 5 rings (SSSR count). The van der Waals surface area contributed by atoms with E-state index in [1.807, 2.05) is 60.8 Å². The number of hydrogen-bond acceptors (Lipinski definition) is 3. The first-order valence-electron chi connectivity index (χ1n) is 9.39. The Bertz CT molecular complexity index is 1190. The Morgan fingerprint density at radius 3 is 2.38 bits per heavy atom. The van der Waals surface area contributed by atoms with Crippen molar-refractivity contribution in [3.05, 3.63) is 103 Å². The third-order valence-electron chi connectivity index (χ3n) is 4.68. The second-order valence-electron chi connectivity index (χ2n) is 6.44. The number of para-hydroxylation sites is 1. The molecule has 0 aliphatic rings. The van der Waals surface area contributed by atoms with Gasteiger partial charge < -0.3 is 4.42 Å². The van der Waals surface area contributed by atoms with Gasteiger partial charge in [0.05, 0.1) is 5.52 Å². The first-order chi connectivity index (χ1) is 14.3. The lowest BCUT2D eigenvalue weighted by molar-refractivity contribution is 0.605. The minimum absolute atomic E-state index is 0.836. The Labute approximate surface area is 174 Å². The monoisotopic (exact) mass is 395 g/mol. The third kappa shape index (κ3) is 3.96. The number of aromatic nitrogens is 1. The van der Waals surface area contributed by atoms with Crippen molar-refractivity contribution in [1.29, 1.82) is 0 Å². The zero-order chi connectivity index (χ0) is 20.1. The number of hydrogen-bond donors (Lipinski definition) is 0. The van der Waals surface area contributed by atoms with Crippen LogP contribution in [0.5, 0.6) is 0 Å². The molecule has 2 heterocycles. The number of pyridine rings is 1. The van der Waals surface area contributed by atoms with Crippen LogP contribution in [0.3, 0.4) is 0 Å². The minimum Gasteiger partial charge on any atom is -0.456 e. The lowest BCUT2D eigenvalue weighted by atomic mass is 10.0. The van der Waals surface area contributed by atoms with Gasteiger partial charge in [-0.1, -0.05) is 67.2 Å². The molecule has 0 bridgehead atoms. The highest BCUT2D eigenvalue weighted by atomic mass is 32.2. The maximum Gasteiger partial charge on any atom is 0.136 e. The molecule has 0 aliphatic heterocycles.